The number of Topliss-reactive ketones (excluding diaryl/α,β-unsaturated/α-hetero) is 1. The van der Waals surface area contributed by atoms with E-state index in [0.717, 1.165) is 19.3 Å². The molecule has 1 fully saturated rings. The third-order valence-corrected chi connectivity index (χ3v) is 3.13. The summed E-state index contributed by atoms with van der Waals surface area (Å²) in [7, 11) is 0. The van der Waals surface area contributed by atoms with E-state index in [-0.39, 0.29) is 5.92 Å². The van der Waals surface area contributed by atoms with Crippen molar-refractivity contribution in [2.75, 3.05) is 6.61 Å². The molecule has 76 valence electrons. The van der Waals surface area contributed by atoms with Crippen LogP contribution in [0.1, 0.15) is 46.5 Å². The van der Waals surface area contributed by atoms with Gasteiger partial charge in [-0.1, -0.05) is 13.3 Å². The second-order valence-electron chi connectivity index (χ2n) is 4.01. The first-order chi connectivity index (χ1) is 6.14. The van der Waals surface area contributed by atoms with Crippen LogP contribution in [-0.4, -0.2) is 18.0 Å². The predicted octanol–water partition coefficient (Wildman–Crippen LogP) is 2.56. The summed E-state index contributed by atoms with van der Waals surface area (Å²) < 4.78 is 5.55. The maximum absolute atomic E-state index is 11.9. The van der Waals surface area contributed by atoms with Crippen molar-refractivity contribution >= 4 is 5.78 Å². The molecule has 0 spiro atoms. The summed E-state index contributed by atoms with van der Waals surface area (Å²) in [6, 6.07) is 0. The minimum atomic E-state index is -0.514. The van der Waals surface area contributed by atoms with Gasteiger partial charge in [-0.2, -0.15) is 0 Å². The van der Waals surface area contributed by atoms with Crippen molar-refractivity contribution in [3.8, 4) is 0 Å². The van der Waals surface area contributed by atoms with Crippen LogP contribution in [0.15, 0.2) is 0 Å². The second kappa shape index (κ2) is 4.23. The molecule has 1 aliphatic rings. The van der Waals surface area contributed by atoms with E-state index in [1.54, 1.807) is 0 Å². The third kappa shape index (κ3) is 2.11. The molecule has 0 aliphatic heterocycles. The number of rotatable bonds is 5. The van der Waals surface area contributed by atoms with E-state index in [1.165, 1.54) is 6.42 Å². The van der Waals surface area contributed by atoms with Crippen LogP contribution in [0.3, 0.4) is 0 Å². The Bertz CT molecular complexity index is 185. The molecule has 0 heterocycles. The molecular weight excluding hydrogens is 164 g/mol. The molecule has 0 aromatic heterocycles. The Kier molecular flexibility index (Phi) is 3.48. The molecule has 1 unspecified atom stereocenters. The SMILES string of the molecule is CCOC(C)(CC)C(=O)C1CCC1. The number of hydrogen-bond acceptors (Lipinski definition) is 2. The molecule has 0 saturated heterocycles. The normalized spacial score (nSPS) is 22.1. The summed E-state index contributed by atoms with van der Waals surface area (Å²) in [5, 5.41) is 0. The van der Waals surface area contributed by atoms with Gasteiger partial charge in [0, 0.05) is 12.5 Å². The van der Waals surface area contributed by atoms with Gasteiger partial charge in [-0.3, -0.25) is 4.79 Å². The first-order valence-electron chi connectivity index (χ1n) is 5.32. The maximum Gasteiger partial charge on any atom is 0.167 e. The van der Waals surface area contributed by atoms with Crippen LogP contribution >= 0.6 is 0 Å². The molecule has 1 rings (SSSR count). The number of ketones is 1. The standard InChI is InChI=1S/C11H20O2/c1-4-11(3,13-5-2)10(12)9-7-6-8-9/h9H,4-8H2,1-3H3. The van der Waals surface area contributed by atoms with Gasteiger partial charge in [0.25, 0.3) is 0 Å². The summed E-state index contributed by atoms with van der Waals surface area (Å²) in [6.45, 7) is 6.52. The van der Waals surface area contributed by atoms with E-state index < -0.39 is 5.60 Å². The average Bonchev–Trinajstić information content (AvgIpc) is 2.01. The number of carbonyl (C=O) groups is 1. The Hall–Kier alpha value is -0.370. The fraction of sp³-hybridized carbons (Fsp3) is 0.909. The first kappa shape index (κ1) is 10.7. The molecular formula is C11H20O2. The second-order valence-corrected chi connectivity index (χ2v) is 4.01. The number of carbonyl (C=O) groups excluding carboxylic acids is 1. The van der Waals surface area contributed by atoms with E-state index >= 15 is 0 Å². The van der Waals surface area contributed by atoms with Crippen LogP contribution in [0.4, 0.5) is 0 Å². The highest BCUT2D eigenvalue weighted by Crippen LogP contribution is 2.33. The van der Waals surface area contributed by atoms with Gasteiger partial charge in [0.1, 0.15) is 5.60 Å². The van der Waals surface area contributed by atoms with Crippen molar-refractivity contribution in [3.63, 3.8) is 0 Å². The van der Waals surface area contributed by atoms with Gasteiger partial charge in [0.05, 0.1) is 0 Å². The molecule has 1 aliphatic carbocycles. The summed E-state index contributed by atoms with van der Waals surface area (Å²) in [6.07, 6.45) is 4.14. The lowest BCUT2D eigenvalue weighted by Gasteiger charge is -2.34. The molecule has 2 heteroatoms. The summed E-state index contributed by atoms with van der Waals surface area (Å²) >= 11 is 0. The van der Waals surface area contributed by atoms with Gasteiger partial charge in [0.15, 0.2) is 5.78 Å². The Balaban J connectivity index is 2.57. The molecule has 0 aromatic carbocycles. The van der Waals surface area contributed by atoms with Gasteiger partial charge in [0.2, 0.25) is 0 Å². The molecule has 0 bridgehead atoms. The number of hydrogen-bond donors (Lipinski definition) is 0. The van der Waals surface area contributed by atoms with Crippen LogP contribution < -0.4 is 0 Å². The minimum Gasteiger partial charge on any atom is -0.368 e. The van der Waals surface area contributed by atoms with Crippen LogP contribution in [0.25, 0.3) is 0 Å². The highest BCUT2D eigenvalue weighted by atomic mass is 16.5. The molecule has 0 radical (unpaired) electrons. The molecule has 13 heavy (non-hydrogen) atoms. The number of ether oxygens (including phenoxy) is 1. The van der Waals surface area contributed by atoms with Crippen molar-refractivity contribution < 1.29 is 9.53 Å². The summed E-state index contributed by atoms with van der Waals surface area (Å²) in [4.78, 5) is 11.9. The van der Waals surface area contributed by atoms with E-state index in [9.17, 15) is 4.79 Å². The minimum absolute atomic E-state index is 0.288. The predicted molar refractivity (Wildman–Crippen MR) is 52.7 cm³/mol. The van der Waals surface area contributed by atoms with Crippen molar-refractivity contribution in [2.24, 2.45) is 5.92 Å². The first-order valence-corrected chi connectivity index (χ1v) is 5.32. The summed E-state index contributed by atoms with van der Waals surface area (Å²) in [5.74, 6) is 0.611. The lowest BCUT2D eigenvalue weighted by molar-refractivity contribution is -0.149. The Morgan fingerprint density at radius 3 is 2.38 bits per heavy atom. The van der Waals surface area contributed by atoms with Crippen LogP contribution in [0, 0.1) is 5.92 Å². The van der Waals surface area contributed by atoms with Crippen LogP contribution in [0.2, 0.25) is 0 Å². The highest BCUT2D eigenvalue weighted by molar-refractivity contribution is 5.89. The zero-order valence-corrected chi connectivity index (χ0v) is 8.93. The lowest BCUT2D eigenvalue weighted by Crippen LogP contribution is -2.44. The zero-order chi connectivity index (χ0) is 9.90. The molecule has 0 aromatic rings. The fourth-order valence-electron chi connectivity index (χ4n) is 1.77. The molecule has 1 atom stereocenters. The van der Waals surface area contributed by atoms with Crippen molar-refractivity contribution in [1.82, 2.24) is 0 Å². The molecule has 1 saturated carbocycles. The van der Waals surface area contributed by atoms with Crippen molar-refractivity contribution in [2.45, 2.75) is 52.1 Å². The van der Waals surface area contributed by atoms with Gasteiger partial charge >= 0.3 is 0 Å². The summed E-state index contributed by atoms with van der Waals surface area (Å²) in [5.41, 5.74) is -0.514. The van der Waals surface area contributed by atoms with E-state index in [2.05, 4.69) is 0 Å². The molecule has 0 N–H and O–H groups in total. The highest BCUT2D eigenvalue weighted by Gasteiger charge is 2.39. The van der Waals surface area contributed by atoms with Gasteiger partial charge in [-0.05, 0) is 33.1 Å². The van der Waals surface area contributed by atoms with Crippen molar-refractivity contribution in [1.29, 1.82) is 0 Å². The van der Waals surface area contributed by atoms with Gasteiger partial charge in [-0.15, -0.1) is 0 Å². The zero-order valence-electron chi connectivity index (χ0n) is 8.93. The van der Waals surface area contributed by atoms with E-state index in [0.29, 0.717) is 12.4 Å². The largest absolute Gasteiger partial charge is 0.368 e. The third-order valence-electron chi connectivity index (χ3n) is 3.13. The monoisotopic (exact) mass is 184 g/mol. The van der Waals surface area contributed by atoms with Gasteiger partial charge < -0.3 is 4.74 Å². The average molecular weight is 184 g/mol. The molecule has 0 amide bonds. The van der Waals surface area contributed by atoms with E-state index in [1.807, 2.05) is 20.8 Å². The quantitative estimate of drug-likeness (QED) is 0.656. The van der Waals surface area contributed by atoms with E-state index in [4.69, 9.17) is 4.74 Å². The smallest absolute Gasteiger partial charge is 0.167 e. The van der Waals surface area contributed by atoms with Gasteiger partial charge in [-0.25, -0.2) is 0 Å². The maximum atomic E-state index is 11.9. The van der Waals surface area contributed by atoms with Crippen LogP contribution in [-0.2, 0) is 9.53 Å². The Morgan fingerprint density at radius 1 is 1.46 bits per heavy atom. The molecule has 2 nitrogen and oxygen atoms in total. The topological polar surface area (TPSA) is 26.3 Å². The fourth-order valence-corrected chi connectivity index (χ4v) is 1.77. The van der Waals surface area contributed by atoms with Crippen molar-refractivity contribution in [3.05, 3.63) is 0 Å². The Labute approximate surface area is 80.7 Å². The van der Waals surface area contributed by atoms with Crippen LogP contribution in [0.5, 0.6) is 0 Å². The Morgan fingerprint density at radius 2 is 2.08 bits per heavy atom. The lowest BCUT2D eigenvalue weighted by atomic mass is 9.76.